The maximum atomic E-state index is 12.3. The minimum Gasteiger partial charge on any atom is -0.478 e. The number of aryl methyl sites for hydroxylation is 1. The van der Waals surface area contributed by atoms with Gasteiger partial charge in [-0.1, -0.05) is 39.8 Å². The molecule has 0 aromatic heterocycles. The van der Waals surface area contributed by atoms with Gasteiger partial charge in [0.15, 0.2) is 0 Å². The van der Waals surface area contributed by atoms with E-state index in [1.807, 2.05) is 27.7 Å². The Morgan fingerprint density at radius 1 is 1.30 bits per heavy atom. The van der Waals surface area contributed by atoms with Crippen molar-refractivity contribution in [3.63, 3.8) is 0 Å². The molecule has 1 aromatic carbocycles. The summed E-state index contributed by atoms with van der Waals surface area (Å²) >= 11 is 0. The van der Waals surface area contributed by atoms with Gasteiger partial charge in [-0.05, 0) is 30.4 Å². The van der Waals surface area contributed by atoms with Crippen LogP contribution in [0.15, 0.2) is 18.2 Å². The first-order chi connectivity index (χ1) is 9.18. The zero-order valence-electron chi connectivity index (χ0n) is 12.7. The number of carbonyl (C=O) groups excluding carboxylic acids is 1. The summed E-state index contributed by atoms with van der Waals surface area (Å²) in [6, 6.07) is 4.83. The van der Waals surface area contributed by atoms with E-state index in [4.69, 9.17) is 4.74 Å². The smallest absolute Gasteiger partial charge is 0.339 e. The Morgan fingerprint density at radius 3 is 2.35 bits per heavy atom. The molecule has 20 heavy (non-hydrogen) atoms. The first-order valence-corrected chi connectivity index (χ1v) is 6.72. The summed E-state index contributed by atoms with van der Waals surface area (Å²) in [5.41, 5.74) is 0.495. The van der Waals surface area contributed by atoms with Crippen LogP contribution in [-0.4, -0.2) is 23.1 Å². The first kappa shape index (κ1) is 16.2. The van der Waals surface area contributed by atoms with Gasteiger partial charge in [0.2, 0.25) is 0 Å². The fourth-order valence-electron chi connectivity index (χ4n) is 2.19. The van der Waals surface area contributed by atoms with Crippen LogP contribution in [0.25, 0.3) is 0 Å². The van der Waals surface area contributed by atoms with E-state index in [2.05, 4.69) is 0 Å². The molecule has 0 aliphatic carbocycles. The van der Waals surface area contributed by atoms with E-state index in [-0.39, 0.29) is 22.6 Å². The Bertz CT molecular complexity index is 512. The number of hydrogen-bond donors (Lipinski definition) is 1. The summed E-state index contributed by atoms with van der Waals surface area (Å²) in [5, 5.41) is 9.24. The fourth-order valence-corrected chi connectivity index (χ4v) is 2.19. The third kappa shape index (κ3) is 3.59. The summed E-state index contributed by atoms with van der Waals surface area (Å²) in [7, 11) is 0. The normalized spacial score (nSPS) is 12.8. The number of hydrogen-bond acceptors (Lipinski definition) is 3. The Morgan fingerprint density at radius 2 is 1.90 bits per heavy atom. The molecule has 0 saturated carbocycles. The maximum Gasteiger partial charge on any atom is 0.339 e. The van der Waals surface area contributed by atoms with Gasteiger partial charge >= 0.3 is 11.9 Å². The summed E-state index contributed by atoms with van der Waals surface area (Å²) < 4.78 is 5.49. The molecule has 0 bridgehead atoms. The third-order valence-electron chi connectivity index (χ3n) is 3.29. The van der Waals surface area contributed by atoms with Crippen molar-refractivity contribution in [3.8, 4) is 0 Å². The van der Waals surface area contributed by atoms with Crippen LogP contribution in [-0.2, 0) is 4.74 Å². The second-order valence-electron chi connectivity index (χ2n) is 5.97. The molecule has 0 fully saturated rings. The predicted molar refractivity (Wildman–Crippen MR) is 77.1 cm³/mol. The van der Waals surface area contributed by atoms with Crippen molar-refractivity contribution in [2.45, 2.75) is 47.1 Å². The van der Waals surface area contributed by atoms with Crippen molar-refractivity contribution in [3.05, 3.63) is 34.9 Å². The van der Waals surface area contributed by atoms with Crippen LogP contribution in [0, 0.1) is 12.3 Å². The number of benzene rings is 1. The quantitative estimate of drug-likeness (QED) is 0.853. The first-order valence-electron chi connectivity index (χ1n) is 6.72. The molecular weight excluding hydrogens is 256 g/mol. The van der Waals surface area contributed by atoms with Crippen LogP contribution in [0.2, 0.25) is 0 Å². The molecule has 0 saturated heterocycles. The molecule has 0 heterocycles. The van der Waals surface area contributed by atoms with E-state index in [9.17, 15) is 14.7 Å². The van der Waals surface area contributed by atoms with E-state index in [0.717, 1.165) is 0 Å². The van der Waals surface area contributed by atoms with Crippen molar-refractivity contribution < 1.29 is 19.4 Å². The summed E-state index contributed by atoms with van der Waals surface area (Å²) in [6.45, 7) is 9.58. The number of rotatable bonds is 4. The zero-order chi connectivity index (χ0) is 15.5. The molecule has 1 aromatic rings. The average Bonchev–Trinajstić information content (AvgIpc) is 2.33. The van der Waals surface area contributed by atoms with E-state index < -0.39 is 11.9 Å². The van der Waals surface area contributed by atoms with Crippen molar-refractivity contribution in [1.29, 1.82) is 0 Å². The van der Waals surface area contributed by atoms with Crippen LogP contribution in [0.4, 0.5) is 0 Å². The Hall–Kier alpha value is -1.84. The molecule has 1 rings (SSSR count). The molecule has 0 aliphatic rings. The van der Waals surface area contributed by atoms with Gasteiger partial charge in [0.25, 0.3) is 0 Å². The highest BCUT2D eigenvalue weighted by molar-refractivity contribution is 6.03. The van der Waals surface area contributed by atoms with Crippen molar-refractivity contribution in [1.82, 2.24) is 0 Å². The summed E-state index contributed by atoms with van der Waals surface area (Å²) in [6.07, 6.45) is 0.431. The third-order valence-corrected chi connectivity index (χ3v) is 3.29. The number of esters is 1. The lowest BCUT2D eigenvalue weighted by atomic mass is 9.87. The molecule has 110 valence electrons. The van der Waals surface area contributed by atoms with Crippen LogP contribution in [0.1, 0.15) is 60.4 Å². The predicted octanol–water partition coefficient (Wildman–Crippen LogP) is 3.67. The Kier molecular flexibility index (Phi) is 4.93. The van der Waals surface area contributed by atoms with Gasteiger partial charge < -0.3 is 9.84 Å². The van der Waals surface area contributed by atoms with Gasteiger partial charge in [0.05, 0.1) is 11.1 Å². The fraction of sp³-hybridized carbons (Fsp3) is 0.500. The van der Waals surface area contributed by atoms with E-state index in [1.54, 1.807) is 19.1 Å². The van der Waals surface area contributed by atoms with E-state index >= 15 is 0 Å². The minimum absolute atomic E-state index is 0.0151. The average molecular weight is 278 g/mol. The maximum absolute atomic E-state index is 12.3. The monoisotopic (exact) mass is 278 g/mol. The molecular formula is C16H22O4. The topological polar surface area (TPSA) is 63.6 Å². The second kappa shape index (κ2) is 6.07. The standard InChI is InChI=1S/C16H22O4/c1-6-12(16(3,4)5)20-15(19)11-9-7-8-10(2)13(11)14(17)18/h7-9,12H,6H2,1-5H3,(H,17,18). The SMILES string of the molecule is CCC(OC(=O)c1cccc(C)c1C(=O)O)C(C)(C)C. The Labute approximate surface area is 119 Å². The van der Waals surface area contributed by atoms with Crippen molar-refractivity contribution in [2.24, 2.45) is 5.41 Å². The van der Waals surface area contributed by atoms with Crippen LogP contribution in [0.3, 0.4) is 0 Å². The van der Waals surface area contributed by atoms with Crippen LogP contribution < -0.4 is 0 Å². The lowest BCUT2D eigenvalue weighted by Crippen LogP contribution is -2.31. The van der Waals surface area contributed by atoms with Gasteiger partial charge in [-0.3, -0.25) is 0 Å². The van der Waals surface area contributed by atoms with E-state index in [1.165, 1.54) is 6.07 Å². The summed E-state index contributed by atoms with van der Waals surface area (Å²) in [5.74, 6) is -1.69. The molecule has 4 nitrogen and oxygen atoms in total. The van der Waals surface area contributed by atoms with Gasteiger partial charge in [-0.2, -0.15) is 0 Å². The van der Waals surface area contributed by atoms with Gasteiger partial charge in [0, 0.05) is 0 Å². The zero-order valence-corrected chi connectivity index (χ0v) is 12.7. The lowest BCUT2D eigenvalue weighted by Gasteiger charge is -2.29. The molecule has 1 N–H and O–H groups in total. The number of ether oxygens (including phenoxy) is 1. The van der Waals surface area contributed by atoms with Gasteiger partial charge in [0.1, 0.15) is 6.10 Å². The van der Waals surface area contributed by atoms with Crippen LogP contribution >= 0.6 is 0 Å². The van der Waals surface area contributed by atoms with Crippen molar-refractivity contribution in [2.75, 3.05) is 0 Å². The molecule has 0 amide bonds. The minimum atomic E-state index is -1.11. The molecule has 0 spiro atoms. The number of carboxylic acid groups (broad SMARTS) is 1. The van der Waals surface area contributed by atoms with Gasteiger partial charge in [-0.15, -0.1) is 0 Å². The lowest BCUT2D eigenvalue weighted by molar-refractivity contribution is -0.00429. The molecule has 0 radical (unpaired) electrons. The molecule has 1 unspecified atom stereocenters. The highest BCUT2D eigenvalue weighted by atomic mass is 16.5. The highest BCUT2D eigenvalue weighted by Crippen LogP contribution is 2.26. The largest absolute Gasteiger partial charge is 0.478 e. The number of carbonyl (C=O) groups is 2. The highest BCUT2D eigenvalue weighted by Gasteiger charge is 2.29. The van der Waals surface area contributed by atoms with E-state index in [0.29, 0.717) is 12.0 Å². The second-order valence-corrected chi connectivity index (χ2v) is 5.97. The van der Waals surface area contributed by atoms with Crippen LogP contribution in [0.5, 0.6) is 0 Å². The van der Waals surface area contributed by atoms with Crippen molar-refractivity contribution >= 4 is 11.9 Å². The summed E-state index contributed by atoms with van der Waals surface area (Å²) in [4.78, 5) is 23.5. The molecule has 4 heteroatoms. The number of aromatic carboxylic acids is 1. The van der Waals surface area contributed by atoms with Gasteiger partial charge in [-0.25, -0.2) is 9.59 Å². The molecule has 1 atom stereocenters. The molecule has 0 aliphatic heterocycles. The Balaban J connectivity index is 3.10. The number of carboxylic acids is 1.